The first-order valence-corrected chi connectivity index (χ1v) is 8.93. The number of anilines is 1. The molecule has 0 spiro atoms. The number of benzene rings is 3. The standard InChI is InChI=1S/C21H15BrN2O2/c1-13-4-2-3-5-17(13)21-24-18-11-10-16(12-19(18)26-21)23-20(25)14-6-8-15(22)9-7-14/h2-12H,1H3,(H,23,25). The molecule has 4 aromatic rings. The van der Waals surface area contributed by atoms with Gasteiger partial charge >= 0.3 is 0 Å². The largest absolute Gasteiger partial charge is 0.436 e. The van der Waals surface area contributed by atoms with Gasteiger partial charge in [0.1, 0.15) is 5.52 Å². The summed E-state index contributed by atoms with van der Waals surface area (Å²) in [5.41, 5.74) is 4.71. The van der Waals surface area contributed by atoms with Crippen LogP contribution in [0.25, 0.3) is 22.6 Å². The average Bonchev–Trinajstić information content (AvgIpc) is 3.05. The highest BCUT2D eigenvalue weighted by Crippen LogP contribution is 2.28. The number of nitrogens with zero attached hydrogens (tertiary/aromatic N) is 1. The molecular formula is C21H15BrN2O2. The molecule has 0 atom stereocenters. The Hall–Kier alpha value is -2.92. The van der Waals surface area contributed by atoms with Gasteiger partial charge in [0, 0.05) is 27.4 Å². The van der Waals surface area contributed by atoms with Crippen molar-refractivity contribution in [2.24, 2.45) is 0 Å². The maximum atomic E-state index is 12.4. The number of carbonyl (C=O) groups is 1. The van der Waals surface area contributed by atoms with Crippen LogP contribution in [0.3, 0.4) is 0 Å². The van der Waals surface area contributed by atoms with Crippen LogP contribution in [-0.4, -0.2) is 10.9 Å². The maximum Gasteiger partial charge on any atom is 0.255 e. The molecule has 1 heterocycles. The maximum absolute atomic E-state index is 12.4. The van der Waals surface area contributed by atoms with Crippen LogP contribution in [0.15, 0.2) is 75.6 Å². The topological polar surface area (TPSA) is 55.1 Å². The molecule has 0 radical (unpaired) electrons. The van der Waals surface area contributed by atoms with Crippen molar-refractivity contribution in [3.8, 4) is 11.5 Å². The highest BCUT2D eigenvalue weighted by Gasteiger charge is 2.12. The summed E-state index contributed by atoms with van der Waals surface area (Å²) in [5, 5.41) is 2.89. The molecule has 0 aliphatic rings. The normalized spacial score (nSPS) is 10.8. The molecule has 26 heavy (non-hydrogen) atoms. The summed E-state index contributed by atoms with van der Waals surface area (Å²) in [6.07, 6.45) is 0. The quantitative estimate of drug-likeness (QED) is 0.466. The molecule has 128 valence electrons. The van der Waals surface area contributed by atoms with E-state index in [1.165, 1.54) is 0 Å². The zero-order valence-corrected chi connectivity index (χ0v) is 15.6. The van der Waals surface area contributed by atoms with Crippen molar-refractivity contribution in [3.05, 3.63) is 82.3 Å². The van der Waals surface area contributed by atoms with Gasteiger partial charge < -0.3 is 9.73 Å². The predicted molar refractivity (Wildman–Crippen MR) is 106 cm³/mol. The van der Waals surface area contributed by atoms with E-state index in [1.54, 1.807) is 18.2 Å². The van der Waals surface area contributed by atoms with Gasteiger partial charge in [-0.3, -0.25) is 4.79 Å². The summed E-state index contributed by atoms with van der Waals surface area (Å²) in [5.74, 6) is 0.407. The average molecular weight is 407 g/mol. The zero-order valence-electron chi connectivity index (χ0n) is 14.0. The summed E-state index contributed by atoms with van der Waals surface area (Å²) >= 11 is 3.36. The molecule has 0 aliphatic carbocycles. The number of carbonyl (C=O) groups excluding carboxylic acids is 1. The molecule has 1 N–H and O–H groups in total. The van der Waals surface area contributed by atoms with E-state index in [1.807, 2.05) is 55.5 Å². The lowest BCUT2D eigenvalue weighted by Gasteiger charge is -2.05. The van der Waals surface area contributed by atoms with Crippen LogP contribution < -0.4 is 5.32 Å². The third-order valence-electron chi connectivity index (χ3n) is 4.13. The second kappa shape index (κ2) is 6.77. The Bertz CT molecular complexity index is 1100. The fourth-order valence-corrected chi connectivity index (χ4v) is 3.00. The van der Waals surface area contributed by atoms with Crippen molar-refractivity contribution in [1.29, 1.82) is 0 Å². The first-order chi connectivity index (χ1) is 12.6. The van der Waals surface area contributed by atoms with Gasteiger partial charge in [-0.1, -0.05) is 34.1 Å². The fourth-order valence-electron chi connectivity index (χ4n) is 2.73. The van der Waals surface area contributed by atoms with Crippen LogP contribution in [0.4, 0.5) is 5.69 Å². The Kier molecular flexibility index (Phi) is 4.31. The van der Waals surface area contributed by atoms with Gasteiger partial charge in [-0.25, -0.2) is 4.98 Å². The molecule has 0 saturated heterocycles. The smallest absolute Gasteiger partial charge is 0.255 e. The number of aromatic nitrogens is 1. The van der Waals surface area contributed by atoms with Crippen molar-refractivity contribution in [3.63, 3.8) is 0 Å². The van der Waals surface area contributed by atoms with E-state index < -0.39 is 0 Å². The number of hydrogen-bond donors (Lipinski definition) is 1. The Balaban J connectivity index is 1.62. The number of fused-ring (bicyclic) bond motifs is 1. The molecule has 4 nitrogen and oxygen atoms in total. The molecule has 0 saturated carbocycles. The number of halogens is 1. The number of hydrogen-bond acceptors (Lipinski definition) is 3. The number of amides is 1. The van der Waals surface area contributed by atoms with Crippen molar-refractivity contribution >= 4 is 38.6 Å². The predicted octanol–water partition coefficient (Wildman–Crippen LogP) is 5.82. The molecular weight excluding hydrogens is 392 g/mol. The number of rotatable bonds is 3. The lowest BCUT2D eigenvalue weighted by molar-refractivity contribution is 0.102. The molecule has 0 bridgehead atoms. The van der Waals surface area contributed by atoms with E-state index in [0.717, 1.165) is 21.1 Å². The Labute approximate surface area is 159 Å². The summed E-state index contributed by atoms with van der Waals surface area (Å²) in [6, 6.07) is 20.6. The van der Waals surface area contributed by atoms with E-state index in [0.29, 0.717) is 22.7 Å². The van der Waals surface area contributed by atoms with Crippen molar-refractivity contribution in [2.75, 3.05) is 5.32 Å². The van der Waals surface area contributed by atoms with Crippen molar-refractivity contribution < 1.29 is 9.21 Å². The van der Waals surface area contributed by atoms with Crippen LogP contribution in [0, 0.1) is 6.92 Å². The summed E-state index contributed by atoms with van der Waals surface area (Å²) < 4.78 is 6.84. The lowest BCUT2D eigenvalue weighted by atomic mass is 10.1. The lowest BCUT2D eigenvalue weighted by Crippen LogP contribution is -2.11. The molecule has 0 aliphatic heterocycles. The highest BCUT2D eigenvalue weighted by atomic mass is 79.9. The van der Waals surface area contributed by atoms with Crippen LogP contribution >= 0.6 is 15.9 Å². The third kappa shape index (κ3) is 3.26. The Morgan fingerprint density at radius 3 is 2.58 bits per heavy atom. The van der Waals surface area contributed by atoms with Gasteiger partial charge in [0.05, 0.1) is 0 Å². The fraction of sp³-hybridized carbons (Fsp3) is 0.0476. The Morgan fingerprint density at radius 1 is 1.04 bits per heavy atom. The second-order valence-electron chi connectivity index (χ2n) is 5.98. The molecule has 0 fully saturated rings. The van der Waals surface area contributed by atoms with Crippen molar-refractivity contribution in [1.82, 2.24) is 4.98 Å². The number of aryl methyl sites for hydroxylation is 1. The van der Waals surface area contributed by atoms with E-state index >= 15 is 0 Å². The molecule has 4 rings (SSSR count). The van der Waals surface area contributed by atoms with Gasteiger partial charge in [0.25, 0.3) is 5.91 Å². The van der Waals surface area contributed by atoms with Crippen LogP contribution in [-0.2, 0) is 0 Å². The van der Waals surface area contributed by atoms with E-state index in [9.17, 15) is 4.79 Å². The van der Waals surface area contributed by atoms with Gasteiger partial charge in [0.15, 0.2) is 5.58 Å². The van der Waals surface area contributed by atoms with Gasteiger partial charge in [-0.2, -0.15) is 0 Å². The van der Waals surface area contributed by atoms with Crippen LogP contribution in [0.2, 0.25) is 0 Å². The minimum absolute atomic E-state index is 0.171. The molecule has 5 heteroatoms. The van der Waals surface area contributed by atoms with E-state index in [-0.39, 0.29) is 5.91 Å². The molecule has 3 aromatic carbocycles. The van der Waals surface area contributed by atoms with Gasteiger partial charge in [-0.05, 0) is 55.0 Å². The zero-order chi connectivity index (χ0) is 18.1. The SMILES string of the molecule is Cc1ccccc1-c1nc2ccc(NC(=O)c3ccc(Br)cc3)cc2o1. The van der Waals surface area contributed by atoms with Gasteiger partial charge in [0.2, 0.25) is 5.89 Å². The number of oxazole rings is 1. The van der Waals surface area contributed by atoms with Crippen molar-refractivity contribution in [2.45, 2.75) is 6.92 Å². The minimum Gasteiger partial charge on any atom is -0.436 e. The minimum atomic E-state index is -0.171. The van der Waals surface area contributed by atoms with Gasteiger partial charge in [-0.15, -0.1) is 0 Å². The second-order valence-corrected chi connectivity index (χ2v) is 6.89. The van der Waals surface area contributed by atoms with E-state index in [2.05, 4.69) is 26.2 Å². The van der Waals surface area contributed by atoms with Crippen LogP contribution in [0.1, 0.15) is 15.9 Å². The summed E-state index contributed by atoms with van der Waals surface area (Å²) in [6.45, 7) is 2.02. The molecule has 1 aromatic heterocycles. The Morgan fingerprint density at radius 2 is 1.81 bits per heavy atom. The molecule has 1 amide bonds. The first-order valence-electron chi connectivity index (χ1n) is 8.14. The molecule has 0 unspecified atom stereocenters. The highest BCUT2D eigenvalue weighted by molar-refractivity contribution is 9.10. The number of nitrogens with one attached hydrogen (secondary N) is 1. The summed E-state index contributed by atoms with van der Waals surface area (Å²) in [4.78, 5) is 16.9. The van der Waals surface area contributed by atoms with E-state index in [4.69, 9.17) is 4.42 Å². The summed E-state index contributed by atoms with van der Waals surface area (Å²) in [7, 11) is 0. The third-order valence-corrected chi connectivity index (χ3v) is 4.66. The van der Waals surface area contributed by atoms with Crippen LogP contribution in [0.5, 0.6) is 0 Å². The first kappa shape index (κ1) is 16.5. The monoisotopic (exact) mass is 406 g/mol.